The molecule has 0 bridgehead atoms. The summed E-state index contributed by atoms with van der Waals surface area (Å²) < 4.78 is 5.76. The van der Waals surface area contributed by atoms with Crippen molar-refractivity contribution in [3.05, 3.63) is 0 Å². The van der Waals surface area contributed by atoms with Crippen LogP contribution in [0.15, 0.2) is 0 Å². The number of hydrogen-bond donors (Lipinski definition) is 1. The van der Waals surface area contributed by atoms with Crippen molar-refractivity contribution in [2.24, 2.45) is 11.8 Å². The highest BCUT2D eigenvalue weighted by molar-refractivity contribution is 4.80. The van der Waals surface area contributed by atoms with Gasteiger partial charge in [-0.3, -0.25) is 0 Å². The van der Waals surface area contributed by atoms with Crippen LogP contribution in [0.3, 0.4) is 0 Å². The highest BCUT2D eigenvalue weighted by Gasteiger charge is 2.24. The molecule has 0 spiro atoms. The quantitative estimate of drug-likeness (QED) is 0.702. The van der Waals surface area contributed by atoms with Crippen LogP contribution in [0.2, 0.25) is 0 Å². The Morgan fingerprint density at radius 2 is 1.87 bits per heavy atom. The average Bonchev–Trinajstić information content (AvgIpc) is 2.68. The fraction of sp³-hybridized carbons (Fsp3) is 1.00. The van der Waals surface area contributed by atoms with E-state index in [0.29, 0.717) is 12.0 Å². The molecule has 1 atom stereocenters. The first-order chi connectivity index (χ1) is 7.24. The third-order valence-corrected chi connectivity index (χ3v) is 3.18. The molecular weight excluding hydrogens is 186 g/mol. The van der Waals surface area contributed by atoms with Crippen LogP contribution >= 0.6 is 0 Å². The van der Waals surface area contributed by atoms with Gasteiger partial charge in [0.1, 0.15) is 0 Å². The Bertz CT molecular complexity index is 153. The molecule has 0 aromatic rings. The minimum atomic E-state index is 0.594. The summed E-state index contributed by atoms with van der Waals surface area (Å²) in [6.45, 7) is 9.46. The Morgan fingerprint density at radius 3 is 2.40 bits per heavy atom. The number of hydrogen-bond acceptors (Lipinski definition) is 2. The highest BCUT2D eigenvalue weighted by atomic mass is 16.5. The summed E-state index contributed by atoms with van der Waals surface area (Å²) in [5.74, 6) is 1.51. The van der Waals surface area contributed by atoms with Crippen molar-refractivity contribution in [2.45, 2.75) is 52.5 Å². The molecule has 0 aromatic carbocycles. The molecule has 0 saturated heterocycles. The maximum atomic E-state index is 5.76. The summed E-state index contributed by atoms with van der Waals surface area (Å²) in [6, 6.07) is 0.594. The average molecular weight is 213 g/mol. The first-order valence-corrected chi connectivity index (χ1v) is 6.55. The van der Waals surface area contributed by atoms with Crippen molar-refractivity contribution in [2.75, 3.05) is 19.8 Å². The number of rotatable bonds is 7. The predicted octanol–water partition coefficient (Wildman–Crippen LogP) is 2.83. The molecule has 0 amide bonds. The molecule has 1 aliphatic rings. The summed E-state index contributed by atoms with van der Waals surface area (Å²) in [7, 11) is 0. The third-order valence-electron chi connectivity index (χ3n) is 3.18. The fourth-order valence-corrected chi connectivity index (χ4v) is 2.41. The topological polar surface area (TPSA) is 21.3 Å². The zero-order valence-electron chi connectivity index (χ0n) is 10.6. The van der Waals surface area contributed by atoms with Gasteiger partial charge in [-0.2, -0.15) is 0 Å². The lowest BCUT2D eigenvalue weighted by atomic mass is 9.99. The summed E-state index contributed by atoms with van der Waals surface area (Å²) in [6.07, 6.45) is 5.61. The molecule has 0 radical (unpaired) electrons. The second-order valence-electron chi connectivity index (χ2n) is 5.14. The highest BCUT2D eigenvalue weighted by Crippen LogP contribution is 2.27. The molecule has 1 fully saturated rings. The molecule has 2 nitrogen and oxygen atoms in total. The largest absolute Gasteiger partial charge is 0.380 e. The predicted molar refractivity (Wildman–Crippen MR) is 65.1 cm³/mol. The number of nitrogens with one attached hydrogen (secondary N) is 1. The Labute approximate surface area is 94.8 Å². The Hall–Kier alpha value is -0.0800. The second kappa shape index (κ2) is 7.24. The van der Waals surface area contributed by atoms with Gasteiger partial charge in [-0.15, -0.1) is 0 Å². The first kappa shape index (κ1) is 13.0. The summed E-state index contributed by atoms with van der Waals surface area (Å²) in [4.78, 5) is 0. The van der Waals surface area contributed by atoms with Gasteiger partial charge in [0.2, 0.25) is 0 Å². The summed E-state index contributed by atoms with van der Waals surface area (Å²) in [5.41, 5.74) is 0. The second-order valence-corrected chi connectivity index (χ2v) is 5.14. The smallest absolute Gasteiger partial charge is 0.0622 e. The van der Waals surface area contributed by atoms with Crippen LogP contribution in [0.1, 0.15) is 46.5 Å². The van der Waals surface area contributed by atoms with Gasteiger partial charge in [0.05, 0.1) is 6.61 Å². The lowest BCUT2D eigenvalue weighted by molar-refractivity contribution is 0.0759. The van der Waals surface area contributed by atoms with E-state index >= 15 is 0 Å². The van der Waals surface area contributed by atoms with Crippen molar-refractivity contribution in [1.82, 2.24) is 5.32 Å². The van der Waals surface area contributed by atoms with Gasteiger partial charge in [-0.1, -0.05) is 33.6 Å². The molecule has 15 heavy (non-hydrogen) atoms. The molecule has 1 aliphatic carbocycles. The minimum Gasteiger partial charge on any atom is -0.380 e. The van der Waals surface area contributed by atoms with Crippen LogP contribution in [-0.2, 0) is 4.74 Å². The summed E-state index contributed by atoms with van der Waals surface area (Å²) in [5, 5.41) is 3.57. The molecule has 0 aliphatic heterocycles. The van der Waals surface area contributed by atoms with Gasteiger partial charge in [0.25, 0.3) is 0 Å². The van der Waals surface area contributed by atoms with Crippen molar-refractivity contribution in [1.29, 1.82) is 0 Å². The Balaban J connectivity index is 2.23. The zero-order valence-corrected chi connectivity index (χ0v) is 10.6. The van der Waals surface area contributed by atoms with Gasteiger partial charge >= 0.3 is 0 Å². The van der Waals surface area contributed by atoms with Crippen LogP contribution in [0, 0.1) is 11.8 Å². The number of ether oxygens (including phenoxy) is 1. The van der Waals surface area contributed by atoms with E-state index in [1.807, 2.05) is 0 Å². The molecular formula is C13H27NO. The van der Waals surface area contributed by atoms with Crippen LogP contribution in [0.5, 0.6) is 0 Å². The van der Waals surface area contributed by atoms with E-state index < -0.39 is 0 Å². The molecule has 1 unspecified atom stereocenters. The first-order valence-electron chi connectivity index (χ1n) is 6.55. The van der Waals surface area contributed by atoms with Crippen molar-refractivity contribution in [3.63, 3.8) is 0 Å². The standard InChI is InChI=1S/C13H27NO/c1-4-14-13(10-15-9-11(2)3)12-7-5-6-8-12/h11-14H,4-10H2,1-3H3. The lowest BCUT2D eigenvalue weighted by Gasteiger charge is -2.24. The molecule has 1 N–H and O–H groups in total. The van der Waals surface area contributed by atoms with E-state index in [9.17, 15) is 0 Å². The van der Waals surface area contributed by atoms with Crippen molar-refractivity contribution in [3.8, 4) is 0 Å². The van der Waals surface area contributed by atoms with Crippen LogP contribution in [0.25, 0.3) is 0 Å². The lowest BCUT2D eigenvalue weighted by Crippen LogP contribution is -2.39. The Kier molecular flexibility index (Phi) is 6.26. The fourth-order valence-electron chi connectivity index (χ4n) is 2.41. The third kappa shape index (κ3) is 4.98. The monoisotopic (exact) mass is 213 g/mol. The normalized spacial score (nSPS) is 20.0. The van der Waals surface area contributed by atoms with Gasteiger partial charge in [0.15, 0.2) is 0 Å². The van der Waals surface area contributed by atoms with Gasteiger partial charge in [0, 0.05) is 12.6 Å². The molecule has 90 valence electrons. The van der Waals surface area contributed by atoms with Crippen molar-refractivity contribution >= 4 is 0 Å². The molecule has 1 rings (SSSR count). The van der Waals surface area contributed by atoms with Crippen molar-refractivity contribution < 1.29 is 4.74 Å². The van der Waals surface area contributed by atoms with E-state index in [1.54, 1.807) is 0 Å². The van der Waals surface area contributed by atoms with Gasteiger partial charge in [-0.25, -0.2) is 0 Å². The SMILES string of the molecule is CCNC(COCC(C)C)C1CCCC1. The zero-order chi connectivity index (χ0) is 11.1. The van der Waals surface area contributed by atoms with Crippen LogP contribution < -0.4 is 5.32 Å². The van der Waals surface area contributed by atoms with E-state index in [0.717, 1.165) is 25.7 Å². The van der Waals surface area contributed by atoms with E-state index in [1.165, 1.54) is 25.7 Å². The molecule has 0 aromatic heterocycles. The van der Waals surface area contributed by atoms with E-state index in [4.69, 9.17) is 4.74 Å². The number of likely N-dealkylation sites (N-methyl/N-ethyl adjacent to an activating group) is 1. The molecule has 2 heteroatoms. The minimum absolute atomic E-state index is 0.594. The molecule has 1 saturated carbocycles. The van der Waals surface area contributed by atoms with E-state index in [2.05, 4.69) is 26.1 Å². The maximum absolute atomic E-state index is 5.76. The van der Waals surface area contributed by atoms with Crippen LogP contribution in [0.4, 0.5) is 0 Å². The van der Waals surface area contributed by atoms with Gasteiger partial charge in [-0.05, 0) is 31.2 Å². The van der Waals surface area contributed by atoms with Crippen LogP contribution in [-0.4, -0.2) is 25.8 Å². The maximum Gasteiger partial charge on any atom is 0.0622 e. The van der Waals surface area contributed by atoms with Gasteiger partial charge < -0.3 is 10.1 Å². The Morgan fingerprint density at radius 1 is 1.20 bits per heavy atom. The summed E-state index contributed by atoms with van der Waals surface area (Å²) >= 11 is 0. The molecule has 0 heterocycles. The van der Waals surface area contributed by atoms with E-state index in [-0.39, 0.29) is 0 Å².